The number of nitrogens with zero attached hydrogens (tertiary/aromatic N) is 1. The summed E-state index contributed by atoms with van der Waals surface area (Å²) in [6, 6.07) is 9.91. The molecule has 2 atom stereocenters. The van der Waals surface area contributed by atoms with Crippen molar-refractivity contribution >= 4 is 39.1 Å². The first-order chi connectivity index (χ1) is 18.8. The molecule has 40 heavy (non-hydrogen) atoms. The first-order valence-electron chi connectivity index (χ1n) is 12.9. The van der Waals surface area contributed by atoms with Crippen molar-refractivity contribution in [3.05, 3.63) is 53.6 Å². The van der Waals surface area contributed by atoms with Crippen LogP contribution < -0.4 is 20.3 Å². The number of nitrogens with one attached hydrogen (secondary N) is 3. The van der Waals surface area contributed by atoms with Gasteiger partial charge >= 0.3 is 5.97 Å². The SMILES string of the molecule is CC(=O)CC(NC(=O)c1ccc(N2CCC(CNCC(O)c3ccc(O)c(NS(C)(=O)=O)c3)CC2)cc1)C(=O)O. The number of carbonyl (C=O) groups excluding carboxylic acids is 2. The fourth-order valence-electron chi connectivity index (χ4n) is 4.53. The molecule has 1 heterocycles. The van der Waals surface area contributed by atoms with Crippen molar-refractivity contribution in [1.29, 1.82) is 0 Å². The predicted octanol–water partition coefficient (Wildman–Crippen LogP) is 1.47. The zero-order valence-corrected chi connectivity index (χ0v) is 23.3. The topological polar surface area (TPSA) is 185 Å². The third-order valence-electron chi connectivity index (χ3n) is 6.68. The number of aliphatic hydroxyl groups is 1. The Hall–Kier alpha value is -3.68. The van der Waals surface area contributed by atoms with Gasteiger partial charge < -0.3 is 30.9 Å². The van der Waals surface area contributed by atoms with Crippen LogP contribution in [0.4, 0.5) is 11.4 Å². The van der Waals surface area contributed by atoms with Crippen molar-refractivity contribution in [2.45, 2.75) is 38.3 Å². The van der Waals surface area contributed by atoms with E-state index in [-0.39, 0.29) is 30.2 Å². The first-order valence-corrected chi connectivity index (χ1v) is 14.8. The molecule has 1 fully saturated rings. The molecule has 0 saturated carbocycles. The van der Waals surface area contributed by atoms with Crippen LogP contribution in [0.3, 0.4) is 0 Å². The maximum atomic E-state index is 12.4. The maximum Gasteiger partial charge on any atom is 0.326 e. The van der Waals surface area contributed by atoms with Crippen LogP contribution >= 0.6 is 0 Å². The molecule has 1 saturated heterocycles. The molecule has 12 nitrogen and oxygen atoms in total. The number of hydrogen-bond donors (Lipinski definition) is 6. The number of anilines is 2. The minimum absolute atomic E-state index is 0.0116. The summed E-state index contributed by atoms with van der Waals surface area (Å²) in [4.78, 5) is 37.2. The zero-order valence-electron chi connectivity index (χ0n) is 22.5. The lowest BCUT2D eigenvalue weighted by Crippen LogP contribution is -2.42. The molecule has 0 aliphatic carbocycles. The summed E-state index contributed by atoms with van der Waals surface area (Å²) in [6.45, 7) is 3.84. The van der Waals surface area contributed by atoms with Gasteiger partial charge in [-0.1, -0.05) is 6.07 Å². The van der Waals surface area contributed by atoms with E-state index in [1.54, 1.807) is 18.2 Å². The van der Waals surface area contributed by atoms with E-state index >= 15 is 0 Å². The van der Waals surface area contributed by atoms with Crippen molar-refractivity contribution in [3.8, 4) is 5.75 Å². The summed E-state index contributed by atoms with van der Waals surface area (Å²) in [5.74, 6) is -1.97. The van der Waals surface area contributed by atoms with Gasteiger partial charge in [0.1, 0.15) is 17.6 Å². The maximum absolute atomic E-state index is 12.4. The summed E-state index contributed by atoms with van der Waals surface area (Å²) in [5, 5.41) is 35.3. The summed E-state index contributed by atoms with van der Waals surface area (Å²) in [6.07, 6.45) is 1.65. The van der Waals surface area contributed by atoms with E-state index in [1.807, 2.05) is 12.1 Å². The van der Waals surface area contributed by atoms with E-state index in [0.29, 0.717) is 23.6 Å². The van der Waals surface area contributed by atoms with Gasteiger partial charge in [0.25, 0.3) is 5.91 Å². The van der Waals surface area contributed by atoms with Crippen LogP contribution in [-0.4, -0.2) is 79.9 Å². The summed E-state index contributed by atoms with van der Waals surface area (Å²) in [5.41, 5.74) is 1.74. The number of carboxylic acids is 1. The van der Waals surface area contributed by atoms with Crippen LogP contribution in [0, 0.1) is 5.92 Å². The highest BCUT2D eigenvalue weighted by Crippen LogP contribution is 2.28. The number of carboxylic acid groups (broad SMARTS) is 1. The van der Waals surface area contributed by atoms with E-state index < -0.39 is 34.0 Å². The highest BCUT2D eigenvalue weighted by atomic mass is 32.2. The number of amides is 1. The zero-order chi connectivity index (χ0) is 29.4. The number of hydrogen-bond acceptors (Lipinski definition) is 9. The fourth-order valence-corrected chi connectivity index (χ4v) is 5.10. The van der Waals surface area contributed by atoms with Gasteiger partial charge in [-0.25, -0.2) is 13.2 Å². The fraction of sp³-hybridized carbons (Fsp3) is 0.444. The molecule has 0 aromatic heterocycles. The third kappa shape index (κ3) is 9.21. The van der Waals surface area contributed by atoms with Crippen molar-refractivity contribution < 1.29 is 38.1 Å². The molecule has 0 bridgehead atoms. The molecule has 1 aliphatic heterocycles. The molecule has 2 aromatic carbocycles. The minimum atomic E-state index is -3.57. The molecular formula is C27H36N4O8S. The highest BCUT2D eigenvalue weighted by molar-refractivity contribution is 7.92. The molecule has 0 radical (unpaired) electrons. The molecule has 218 valence electrons. The molecular weight excluding hydrogens is 540 g/mol. The van der Waals surface area contributed by atoms with E-state index in [2.05, 4.69) is 20.3 Å². The number of ketones is 1. The second-order valence-corrected chi connectivity index (χ2v) is 11.8. The van der Waals surface area contributed by atoms with Gasteiger partial charge in [-0.3, -0.25) is 14.3 Å². The van der Waals surface area contributed by atoms with Crippen LogP contribution in [0.2, 0.25) is 0 Å². The van der Waals surface area contributed by atoms with Crippen LogP contribution in [0.1, 0.15) is 48.2 Å². The van der Waals surface area contributed by atoms with Gasteiger partial charge in [0.2, 0.25) is 10.0 Å². The van der Waals surface area contributed by atoms with E-state index in [0.717, 1.165) is 37.9 Å². The largest absolute Gasteiger partial charge is 0.506 e. The Balaban J connectivity index is 1.45. The molecule has 2 aromatic rings. The van der Waals surface area contributed by atoms with Gasteiger partial charge in [0.15, 0.2) is 0 Å². The lowest BCUT2D eigenvalue weighted by atomic mass is 9.96. The number of sulfonamides is 1. The molecule has 2 unspecified atom stereocenters. The Bertz CT molecular complexity index is 1310. The van der Waals surface area contributed by atoms with Crippen LogP contribution in [0.15, 0.2) is 42.5 Å². The molecule has 0 spiro atoms. The lowest BCUT2D eigenvalue weighted by molar-refractivity contribution is -0.140. The van der Waals surface area contributed by atoms with Gasteiger partial charge in [-0.05, 0) is 74.2 Å². The number of rotatable bonds is 13. The molecule has 13 heteroatoms. The Morgan fingerprint density at radius 3 is 2.30 bits per heavy atom. The third-order valence-corrected chi connectivity index (χ3v) is 7.27. The summed E-state index contributed by atoms with van der Waals surface area (Å²) in [7, 11) is -3.57. The normalized spacial score (nSPS) is 15.7. The average Bonchev–Trinajstić information content (AvgIpc) is 2.89. The Kier molecular flexibility index (Phi) is 10.5. The number of piperidine rings is 1. The number of phenols is 1. The molecule has 1 aliphatic rings. The molecule has 3 rings (SSSR count). The number of benzene rings is 2. The Labute approximate surface area is 233 Å². The van der Waals surface area contributed by atoms with Crippen molar-refractivity contribution in [1.82, 2.24) is 10.6 Å². The Morgan fingerprint density at radius 1 is 1.07 bits per heavy atom. The predicted molar refractivity (Wildman–Crippen MR) is 150 cm³/mol. The van der Waals surface area contributed by atoms with E-state index in [4.69, 9.17) is 0 Å². The molecule has 1 amide bonds. The van der Waals surface area contributed by atoms with Crippen molar-refractivity contribution in [3.63, 3.8) is 0 Å². The van der Waals surface area contributed by atoms with Crippen LogP contribution in [-0.2, 0) is 19.6 Å². The average molecular weight is 577 g/mol. The number of aliphatic hydroxyl groups excluding tert-OH is 1. The second-order valence-electron chi connectivity index (χ2n) is 10.1. The van der Waals surface area contributed by atoms with E-state index in [9.17, 15) is 38.1 Å². The number of carbonyl (C=O) groups is 3. The lowest BCUT2D eigenvalue weighted by Gasteiger charge is -2.34. The standard InChI is InChI=1S/C27H36N4O8S/c1-17(32)13-23(27(36)37)29-26(35)19-3-6-21(7-4-19)31-11-9-18(10-12-31)15-28-16-25(34)20-5-8-24(33)22(14-20)30-40(2,38)39/h3-8,14,18,23,25,28,30,33-34H,9-13,15-16H2,1-2H3,(H,29,35)(H,36,37). The van der Waals surface area contributed by atoms with Crippen LogP contribution in [0.5, 0.6) is 5.75 Å². The number of aliphatic carboxylic acids is 1. The smallest absolute Gasteiger partial charge is 0.326 e. The van der Waals surface area contributed by atoms with Gasteiger partial charge in [-0.2, -0.15) is 0 Å². The van der Waals surface area contributed by atoms with Crippen molar-refractivity contribution in [2.75, 3.05) is 42.1 Å². The second kappa shape index (κ2) is 13.6. The Morgan fingerprint density at radius 2 is 1.73 bits per heavy atom. The monoisotopic (exact) mass is 576 g/mol. The van der Waals surface area contributed by atoms with Gasteiger partial charge in [-0.15, -0.1) is 0 Å². The quantitative estimate of drug-likeness (QED) is 0.191. The summed E-state index contributed by atoms with van der Waals surface area (Å²) >= 11 is 0. The number of Topliss-reactive ketones (excluding diaryl/α,β-unsaturated/α-hetero) is 1. The van der Waals surface area contributed by atoms with Crippen LogP contribution in [0.25, 0.3) is 0 Å². The number of aromatic hydroxyl groups is 1. The minimum Gasteiger partial charge on any atom is -0.506 e. The summed E-state index contributed by atoms with van der Waals surface area (Å²) < 4.78 is 25.2. The highest BCUT2D eigenvalue weighted by Gasteiger charge is 2.23. The number of phenolic OH excluding ortho intramolecular Hbond substituents is 1. The van der Waals surface area contributed by atoms with Gasteiger partial charge in [0.05, 0.1) is 18.0 Å². The molecule has 6 N–H and O–H groups in total. The van der Waals surface area contributed by atoms with Crippen molar-refractivity contribution in [2.24, 2.45) is 5.92 Å². The van der Waals surface area contributed by atoms with Gasteiger partial charge in [0, 0.05) is 37.3 Å². The first kappa shape index (κ1) is 30.9. The van der Waals surface area contributed by atoms with E-state index in [1.165, 1.54) is 19.1 Å².